The quantitative estimate of drug-likeness (QED) is 0.572. The van der Waals surface area contributed by atoms with Gasteiger partial charge in [0.2, 0.25) is 11.8 Å². The lowest BCUT2D eigenvalue weighted by atomic mass is 10.1. The van der Waals surface area contributed by atoms with Crippen LogP contribution < -0.4 is 14.2 Å². The van der Waals surface area contributed by atoms with Crippen molar-refractivity contribution in [3.05, 3.63) is 48.8 Å². The molecular weight excluding hydrogens is 332 g/mol. The van der Waals surface area contributed by atoms with E-state index in [-0.39, 0.29) is 12.1 Å². The summed E-state index contributed by atoms with van der Waals surface area (Å²) < 4.78 is 16.4. The molecule has 26 heavy (non-hydrogen) atoms. The van der Waals surface area contributed by atoms with E-state index >= 15 is 0 Å². The molecule has 140 valence electrons. The molecule has 0 bridgehead atoms. The molecule has 2 heterocycles. The summed E-state index contributed by atoms with van der Waals surface area (Å²) in [6.45, 7) is 5.29. The van der Waals surface area contributed by atoms with Crippen LogP contribution in [0.4, 0.5) is 0 Å². The molecule has 2 rings (SSSR count). The summed E-state index contributed by atoms with van der Waals surface area (Å²) in [5, 5.41) is 0. The topological polar surface area (TPSA) is 69.6 Å². The van der Waals surface area contributed by atoms with Crippen LogP contribution in [0.2, 0.25) is 0 Å². The molecule has 0 saturated carbocycles. The van der Waals surface area contributed by atoms with Gasteiger partial charge in [0.15, 0.2) is 0 Å². The molecule has 0 N–H and O–H groups in total. The zero-order valence-corrected chi connectivity index (χ0v) is 15.6. The van der Waals surface area contributed by atoms with Gasteiger partial charge in [0, 0.05) is 25.5 Å². The summed E-state index contributed by atoms with van der Waals surface area (Å²) in [7, 11) is 5.13. The molecule has 7 nitrogen and oxygen atoms in total. The highest BCUT2D eigenvalue weighted by atomic mass is 16.5. The molecule has 2 aromatic heterocycles. The number of aromatic nitrogens is 3. The fourth-order valence-electron chi connectivity index (χ4n) is 2.50. The van der Waals surface area contributed by atoms with E-state index in [1.54, 1.807) is 26.5 Å². The number of ether oxygens (including phenoxy) is 3. The fraction of sp³-hybridized carbons (Fsp3) is 0.421. The Morgan fingerprint density at radius 1 is 1.23 bits per heavy atom. The first-order valence-electron chi connectivity index (χ1n) is 8.46. The Morgan fingerprint density at radius 3 is 2.54 bits per heavy atom. The van der Waals surface area contributed by atoms with Gasteiger partial charge in [0.25, 0.3) is 0 Å². The highest BCUT2D eigenvalue weighted by molar-refractivity contribution is 5.22. The van der Waals surface area contributed by atoms with Crippen LogP contribution in [0.15, 0.2) is 43.2 Å². The van der Waals surface area contributed by atoms with E-state index in [1.807, 2.05) is 25.4 Å². The minimum atomic E-state index is -0.0912. The van der Waals surface area contributed by atoms with Gasteiger partial charge in [-0.2, -0.15) is 9.97 Å². The molecule has 0 aliphatic rings. The van der Waals surface area contributed by atoms with Crippen molar-refractivity contribution in [2.24, 2.45) is 0 Å². The van der Waals surface area contributed by atoms with Gasteiger partial charge in [-0.05, 0) is 31.5 Å². The Hall–Kier alpha value is -2.67. The van der Waals surface area contributed by atoms with Crippen molar-refractivity contribution in [1.29, 1.82) is 0 Å². The van der Waals surface area contributed by atoms with Gasteiger partial charge in [0.1, 0.15) is 6.10 Å². The van der Waals surface area contributed by atoms with E-state index in [1.165, 1.54) is 0 Å². The third kappa shape index (κ3) is 6.33. The molecule has 0 aromatic carbocycles. The molecule has 0 fully saturated rings. The van der Waals surface area contributed by atoms with E-state index in [0.29, 0.717) is 18.3 Å². The zero-order chi connectivity index (χ0) is 18.8. The molecule has 0 saturated heterocycles. The molecule has 0 aliphatic heterocycles. The van der Waals surface area contributed by atoms with Crippen LogP contribution in [0, 0.1) is 0 Å². The summed E-state index contributed by atoms with van der Waals surface area (Å²) >= 11 is 0. The van der Waals surface area contributed by atoms with Crippen molar-refractivity contribution in [3.8, 4) is 17.8 Å². The maximum Gasteiger partial charge on any atom is 0.323 e. The molecule has 0 radical (unpaired) electrons. The second kappa shape index (κ2) is 10.4. The Morgan fingerprint density at radius 2 is 1.96 bits per heavy atom. The largest absolute Gasteiger partial charge is 0.481 e. The van der Waals surface area contributed by atoms with Crippen molar-refractivity contribution in [3.63, 3.8) is 0 Å². The Bertz CT molecular complexity index is 659. The number of nitrogens with zero attached hydrogens (tertiary/aromatic N) is 4. The van der Waals surface area contributed by atoms with Crippen LogP contribution in [-0.4, -0.2) is 53.8 Å². The minimum Gasteiger partial charge on any atom is -0.481 e. The standard InChI is InChI=1S/C19H26N4O3/c1-5-6-9-16(14-23(2)13-15-8-7-10-20-12-15)26-19-21-17(24-3)11-18(22-19)25-4/h5,7-8,10-12,16H,1,6,9,13-14H2,2-4H3. The van der Waals surface area contributed by atoms with Crippen molar-refractivity contribution in [2.75, 3.05) is 27.8 Å². The van der Waals surface area contributed by atoms with Gasteiger partial charge in [-0.3, -0.25) is 9.88 Å². The van der Waals surface area contributed by atoms with E-state index in [4.69, 9.17) is 14.2 Å². The van der Waals surface area contributed by atoms with Gasteiger partial charge < -0.3 is 14.2 Å². The van der Waals surface area contributed by atoms with E-state index < -0.39 is 0 Å². The highest BCUT2D eigenvalue weighted by Crippen LogP contribution is 2.20. The first-order valence-corrected chi connectivity index (χ1v) is 8.46. The first kappa shape index (κ1) is 19.7. The highest BCUT2D eigenvalue weighted by Gasteiger charge is 2.16. The Kier molecular flexibility index (Phi) is 7.82. The van der Waals surface area contributed by atoms with Crippen molar-refractivity contribution in [1.82, 2.24) is 19.9 Å². The van der Waals surface area contributed by atoms with Crippen molar-refractivity contribution in [2.45, 2.75) is 25.5 Å². The van der Waals surface area contributed by atoms with Gasteiger partial charge >= 0.3 is 6.01 Å². The maximum atomic E-state index is 6.02. The monoisotopic (exact) mass is 358 g/mol. The summed E-state index contributed by atoms with van der Waals surface area (Å²) in [6, 6.07) is 5.84. The van der Waals surface area contributed by atoms with Crippen LogP contribution in [0.3, 0.4) is 0 Å². The van der Waals surface area contributed by atoms with Gasteiger partial charge in [0.05, 0.1) is 20.3 Å². The van der Waals surface area contributed by atoms with Crippen LogP contribution >= 0.6 is 0 Å². The summed E-state index contributed by atoms with van der Waals surface area (Å²) in [4.78, 5) is 14.8. The summed E-state index contributed by atoms with van der Waals surface area (Å²) in [6.07, 6.45) is 7.08. The lowest BCUT2D eigenvalue weighted by Crippen LogP contribution is -2.33. The smallest absolute Gasteiger partial charge is 0.323 e. The van der Waals surface area contributed by atoms with Crippen LogP contribution in [0.1, 0.15) is 18.4 Å². The second-order valence-electron chi connectivity index (χ2n) is 5.90. The second-order valence-corrected chi connectivity index (χ2v) is 5.90. The first-order chi connectivity index (χ1) is 12.6. The number of hydrogen-bond donors (Lipinski definition) is 0. The SMILES string of the molecule is C=CCCC(CN(C)Cc1cccnc1)Oc1nc(OC)cc(OC)n1. The number of pyridine rings is 1. The molecule has 0 spiro atoms. The molecule has 2 aromatic rings. The molecular formula is C19H26N4O3. The number of hydrogen-bond acceptors (Lipinski definition) is 7. The number of allylic oxidation sites excluding steroid dienone is 1. The zero-order valence-electron chi connectivity index (χ0n) is 15.6. The molecule has 7 heteroatoms. The average molecular weight is 358 g/mol. The third-order valence-corrected chi connectivity index (χ3v) is 3.73. The van der Waals surface area contributed by atoms with E-state index in [0.717, 1.165) is 24.9 Å². The van der Waals surface area contributed by atoms with Crippen LogP contribution in [0.25, 0.3) is 0 Å². The van der Waals surface area contributed by atoms with Gasteiger partial charge in [-0.15, -0.1) is 6.58 Å². The van der Waals surface area contributed by atoms with Crippen molar-refractivity contribution >= 4 is 0 Å². The fourth-order valence-corrected chi connectivity index (χ4v) is 2.50. The van der Waals surface area contributed by atoms with Gasteiger partial charge in [-0.1, -0.05) is 12.1 Å². The number of methoxy groups -OCH3 is 2. The minimum absolute atomic E-state index is 0.0912. The normalized spacial score (nSPS) is 11.8. The molecule has 1 atom stereocenters. The molecule has 0 aliphatic carbocycles. The molecule has 1 unspecified atom stereocenters. The van der Waals surface area contributed by atoms with Crippen LogP contribution in [0.5, 0.6) is 17.8 Å². The van der Waals surface area contributed by atoms with E-state index in [9.17, 15) is 0 Å². The lowest BCUT2D eigenvalue weighted by Gasteiger charge is -2.24. The Labute approximate surface area is 154 Å². The predicted molar refractivity (Wildman–Crippen MR) is 99.6 cm³/mol. The maximum absolute atomic E-state index is 6.02. The lowest BCUT2D eigenvalue weighted by molar-refractivity contribution is 0.124. The number of likely N-dealkylation sites (N-methyl/N-ethyl adjacent to an activating group) is 1. The van der Waals surface area contributed by atoms with Crippen molar-refractivity contribution < 1.29 is 14.2 Å². The average Bonchev–Trinajstić information content (AvgIpc) is 2.66. The summed E-state index contributed by atoms with van der Waals surface area (Å²) in [5.41, 5.74) is 1.15. The Balaban J connectivity index is 2.05. The van der Waals surface area contributed by atoms with Gasteiger partial charge in [-0.25, -0.2) is 0 Å². The summed E-state index contributed by atoms with van der Waals surface area (Å²) in [5.74, 6) is 0.802. The number of rotatable bonds is 11. The predicted octanol–water partition coefficient (Wildman–Crippen LogP) is 2.73. The van der Waals surface area contributed by atoms with E-state index in [2.05, 4.69) is 32.5 Å². The molecule has 0 amide bonds. The van der Waals surface area contributed by atoms with Crippen LogP contribution in [-0.2, 0) is 6.54 Å². The third-order valence-electron chi connectivity index (χ3n) is 3.73.